The van der Waals surface area contributed by atoms with Gasteiger partial charge in [0, 0.05) is 23.3 Å². The van der Waals surface area contributed by atoms with Crippen molar-refractivity contribution in [3.63, 3.8) is 0 Å². The predicted molar refractivity (Wildman–Crippen MR) is 122 cm³/mol. The number of carbonyl (C=O) groups excluding carboxylic acids is 1. The Morgan fingerprint density at radius 1 is 0.812 bits per heavy atom. The molecule has 11 nitrogen and oxygen atoms in total. The molecule has 4 heterocycles. The first-order chi connectivity index (χ1) is 15.4. The molecule has 0 bridgehead atoms. The van der Waals surface area contributed by atoms with Crippen LogP contribution in [0.1, 0.15) is 11.1 Å². The van der Waals surface area contributed by atoms with E-state index >= 15 is 0 Å². The average Bonchev–Trinajstić information content (AvgIpc) is 3.52. The smallest absolute Gasteiger partial charge is 0.324 e. The minimum atomic E-state index is -0.471. The van der Waals surface area contributed by atoms with Crippen molar-refractivity contribution < 1.29 is 14.6 Å². The van der Waals surface area contributed by atoms with Gasteiger partial charge in [0.1, 0.15) is 23.1 Å². The van der Waals surface area contributed by atoms with E-state index in [1.165, 1.54) is 43.9 Å². The highest BCUT2D eigenvalue weighted by Crippen LogP contribution is 2.28. The van der Waals surface area contributed by atoms with Gasteiger partial charge >= 0.3 is 17.7 Å². The first kappa shape index (κ1) is 21.3. The summed E-state index contributed by atoms with van der Waals surface area (Å²) in [6, 6.07) is 9.15. The molecule has 32 heavy (non-hydrogen) atoms. The predicted octanol–water partition coefficient (Wildman–Crippen LogP) is 4.97. The monoisotopic (exact) mass is 472 g/mol. The van der Waals surface area contributed by atoms with Gasteiger partial charge in [-0.1, -0.05) is 0 Å². The number of hydrogen-bond donors (Lipinski definition) is 2. The van der Waals surface area contributed by atoms with Crippen LogP contribution in [-0.4, -0.2) is 25.0 Å². The van der Waals surface area contributed by atoms with E-state index in [4.69, 9.17) is 0 Å². The van der Waals surface area contributed by atoms with E-state index in [1.54, 1.807) is 47.4 Å². The van der Waals surface area contributed by atoms with Gasteiger partial charge in [0.15, 0.2) is 0 Å². The number of nitrogens with one attached hydrogen (secondary N) is 2. The normalized spacial score (nSPS) is 10.8. The molecule has 0 aliphatic rings. The molecule has 0 spiro atoms. The number of hydrogen-bond acceptors (Lipinski definition) is 7. The number of nitrogens with zero attached hydrogens (tertiary/aromatic N) is 4. The molecule has 0 aromatic carbocycles. The van der Waals surface area contributed by atoms with Crippen LogP contribution in [0.4, 0.5) is 26.4 Å². The lowest BCUT2D eigenvalue weighted by Crippen LogP contribution is -2.20. The van der Waals surface area contributed by atoms with Crippen LogP contribution >= 0.6 is 22.7 Å². The number of urea groups is 1. The number of rotatable bonds is 8. The van der Waals surface area contributed by atoms with E-state index in [2.05, 4.69) is 10.6 Å². The third-order valence-electron chi connectivity index (χ3n) is 4.61. The highest BCUT2D eigenvalue weighted by atomic mass is 32.1. The minimum absolute atomic E-state index is 0.0334. The van der Waals surface area contributed by atoms with Gasteiger partial charge in [0.2, 0.25) is 0 Å². The number of aromatic nitrogens is 2. The maximum atomic E-state index is 12.6. The van der Waals surface area contributed by atoms with Gasteiger partial charge in [-0.15, -0.1) is 22.7 Å². The summed E-state index contributed by atoms with van der Waals surface area (Å²) in [6.07, 6.45) is 3.22. The largest absolute Gasteiger partial charge is 0.358 e. The molecule has 0 unspecified atom stereocenters. The summed E-state index contributed by atoms with van der Waals surface area (Å²) in [6.45, 7) is 0.480. The van der Waals surface area contributed by atoms with E-state index in [1.807, 2.05) is 0 Å². The molecule has 4 aromatic rings. The van der Waals surface area contributed by atoms with Gasteiger partial charge in [0.25, 0.3) is 0 Å². The van der Waals surface area contributed by atoms with Crippen LogP contribution in [-0.2, 0) is 13.1 Å². The third-order valence-corrected chi connectivity index (χ3v) is 6.36. The van der Waals surface area contributed by atoms with E-state index in [0.717, 1.165) is 11.1 Å². The Balaban J connectivity index is 1.44. The number of nitro groups is 2. The Labute approximate surface area is 188 Å². The average molecular weight is 473 g/mol. The van der Waals surface area contributed by atoms with Crippen LogP contribution in [0.2, 0.25) is 0 Å². The van der Waals surface area contributed by atoms with Crippen molar-refractivity contribution in [2.45, 2.75) is 13.1 Å². The van der Waals surface area contributed by atoms with Crippen molar-refractivity contribution >= 4 is 50.3 Å². The van der Waals surface area contributed by atoms with Gasteiger partial charge in [-0.25, -0.2) is 13.9 Å². The third kappa shape index (κ3) is 4.53. The van der Waals surface area contributed by atoms with E-state index in [9.17, 15) is 25.0 Å². The highest BCUT2D eigenvalue weighted by Gasteiger charge is 2.18. The molecule has 4 aromatic heterocycles. The molecule has 0 radical (unpaired) electrons. The Hall–Kier alpha value is -3.97. The fraction of sp³-hybridized carbons (Fsp3) is 0.105. The zero-order valence-electron chi connectivity index (χ0n) is 16.3. The summed E-state index contributed by atoms with van der Waals surface area (Å²) in [5.74, 6) is -0.0668. The molecular weight excluding hydrogens is 456 g/mol. The standard InChI is InChI=1S/C19H16N6O5S2/c26-19(20-17-13(5-9-31-17)11-22-7-1-3-15(22)24(27)28)21-18-14(6-10-32-18)12-23-8-2-4-16(23)25(29)30/h1-10H,11-12H2,(H2,20,21,26). The minimum Gasteiger partial charge on any atom is -0.358 e. The van der Waals surface area contributed by atoms with Crippen molar-refractivity contribution in [2.24, 2.45) is 0 Å². The lowest BCUT2D eigenvalue weighted by Gasteiger charge is -2.09. The number of carbonyl (C=O) groups is 1. The summed E-state index contributed by atoms with van der Waals surface area (Å²) >= 11 is 2.62. The summed E-state index contributed by atoms with van der Waals surface area (Å²) < 4.78 is 2.99. The second kappa shape index (κ2) is 9.03. The summed E-state index contributed by atoms with van der Waals surface area (Å²) in [5, 5.41) is 32.6. The molecule has 164 valence electrons. The lowest BCUT2D eigenvalue weighted by atomic mass is 10.3. The molecule has 2 amide bonds. The Morgan fingerprint density at radius 3 is 1.66 bits per heavy atom. The van der Waals surface area contributed by atoms with Crippen molar-refractivity contribution in [2.75, 3.05) is 10.6 Å². The van der Waals surface area contributed by atoms with Gasteiger partial charge in [0.05, 0.1) is 12.4 Å². The van der Waals surface area contributed by atoms with Crippen LogP contribution in [0.15, 0.2) is 59.6 Å². The maximum absolute atomic E-state index is 12.6. The van der Waals surface area contributed by atoms with Gasteiger partial charge < -0.3 is 20.2 Å². The van der Waals surface area contributed by atoms with E-state index in [-0.39, 0.29) is 24.7 Å². The van der Waals surface area contributed by atoms with Crippen LogP contribution < -0.4 is 10.6 Å². The zero-order chi connectivity index (χ0) is 22.7. The van der Waals surface area contributed by atoms with Gasteiger partial charge in [-0.3, -0.25) is 10.6 Å². The fourth-order valence-electron chi connectivity index (χ4n) is 3.15. The van der Waals surface area contributed by atoms with E-state index in [0.29, 0.717) is 10.0 Å². The second-order valence-corrected chi connectivity index (χ2v) is 8.46. The number of thiophene rings is 2. The number of anilines is 2. The van der Waals surface area contributed by atoms with Crippen LogP contribution in [0.25, 0.3) is 0 Å². The molecule has 0 saturated carbocycles. The van der Waals surface area contributed by atoms with Crippen molar-refractivity contribution in [1.29, 1.82) is 0 Å². The molecule has 0 atom stereocenters. The SMILES string of the molecule is O=C(Nc1sccc1Cn1cccc1[N+](=O)[O-])Nc1sccc1Cn1cccc1[N+](=O)[O-]. The zero-order valence-corrected chi connectivity index (χ0v) is 18.0. The van der Waals surface area contributed by atoms with Crippen LogP contribution in [0, 0.1) is 20.2 Å². The molecule has 13 heteroatoms. The van der Waals surface area contributed by atoms with Crippen molar-refractivity contribution in [1.82, 2.24) is 9.13 Å². The van der Waals surface area contributed by atoms with Crippen molar-refractivity contribution in [3.05, 3.63) is 90.9 Å². The molecule has 2 N–H and O–H groups in total. The number of amides is 2. The van der Waals surface area contributed by atoms with E-state index < -0.39 is 15.9 Å². The molecule has 4 rings (SSSR count). The summed E-state index contributed by atoms with van der Waals surface area (Å²) in [7, 11) is 0. The fourth-order valence-corrected chi connectivity index (χ4v) is 4.76. The Bertz CT molecular complexity index is 1190. The first-order valence-corrected chi connectivity index (χ1v) is 11.0. The van der Waals surface area contributed by atoms with Gasteiger partial charge in [-0.2, -0.15) is 0 Å². The van der Waals surface area contributed by atoms with Crippen molar-refractivity contribution in [3.8, 4) is 0 Å². The second-order valence-electron chi connectivity index (χ2n) is 6.63. The molecule has 0 saturated heterocycles. The Kier molecular flexibility index (Phi) is 6.00. The highest BCUT2D eigenvalue weighted by molar-refractivity contribution is 7.15. The Morgan fingerprint density at radius 2 is 1.25 bits per heavy atom. The lowest BCUT2D eigenvalue weighted by molar-refractivity contribution is -0.392. The van der Waals surface area contributed by atoms with Gasteiger partial charge in [-0.05, 0) is 44.9 Å². The summed E-state index contributed by atoms with van der Waals surface area (Å²) in [4.78, 5) is 33.9. The topological polar surface area (TPSA) is 137 Å². The molecule has 0 fully saturated rings. The van der Waals surface area contributed by atoms with Crippen LogP contribution in [0.5, 0.6) is 0 Å². The quantitative estimate of drug-likeness (QED) is 0.275. The van der Waals surface area contributed by atoms with Crippen LogP contribution in [0.3, 0.4) is 0 Å². The first-order valence-electron chi connectivity index (χ1n) is 9.22. The maximum Gasteiger partial charge on any atom is 0.324 e. The summed E-state index contributed by atoms with van der Waals surface area (Å²) in [5.41, 5.74) is 1.47. The molecule has 0 aliphatic heterocycles. The molecular formula is C19H16N6O5S2. The molecule has 0 aliphatic carbocycles.